The van der Waals surface area contributed by atoms with Crippen molar-refractivity contribution in [3.63, 3.8) is 0 Å². The smallest absolute Gasteiger partial charge is 0.287 e. The predicted molar refractivity (Wildman–Crippen MR) is 107 cm³/mol. The van der Waals surface area contributed by atoms with E-state index in [1.807, 2.05) is 39.0 Å². The second-order valence-electron chi connectivity index (χ2n) is 6.24. The maximum Gasteiger partial charge on any atom is 0.287 e. The standard InChI is InChI=1S/C22H23NO5/c1-4-26-19-11-10-15(12-20(19)27-5-2)14(3)23-22(25)21-13-17(24)16-8-6-7-9-18(16)28-21/h6-14H,4-5H2,1-3H3,(H,23,25). The van der Waals surface area contributed by atoms with Gasteiger partial charge in [0.15, 0.2) is 22.7 Å². The Morgan fingerprint density at radius 3 is 2.50 bits per heavy atom. The molecular formula is C22H23NO5. The molecule has 3 aromatic rings. The fourth-order valence-electron chi connectivity index (χ4n) is 2.90. The first-order valence-electron chi connectivity index (χ1n) is 9.26. The molecule has 1 aromatic heterocycles. The number of ether oxygens (including phenoxy) is 2. The highest BCUT2D eigenvalue weighted by atomic mass is 16.5. The van der Waals surface area contributed by atoms with E-state index in [9.17, 15) is 9.59 Å². The molecule has 0 spiro atoms. The second-order valence-corrected chi connectivity index (χ2v) is 6.24. The molecule has 0 radical (unpaired) electrons. The van der Waals surface area contributed by atoms with E-state index in [4.69, 9.17) is 13.9 Å². The van der Waals surface area contributed by atoms with E-state index < -0.39 is 5.91 Å². The first kappa shape index (κ1) is 19.5. The van der Waals surface area contributed by atoms with Gasteiger partial charge < -0.3 is 19.2 Å². The Morgan fingerprint density at radius 2 is 1.75 bits per heavy atom. The zero-order chi connectivity index (χ0) is 20.1. The number of para-hydroxylation sites is 1. The molecule has 0 bridgehead atoms. The summed E-state index contributed by atoms with van der Waals surface area (Å²) in [6.07, 6.45) is 0. The topological polar surface area (TPSA) is 77.8 Å². The summed E-state index contributed by atoms with van der Waals surface area (Å²) < 4.78 is 16.8. The molecule has 1 amide bonds. The maximum absolute atomic E-state index is 12.6. The lowest BCUT2D eigenvalue weighted by molar-refractivity contribution is 0.0912. The third-order valence-corrected chi connectivity index (χ3v) is 4.27. The minimum Gasteiger partial charge on any atom is -0.490 e. The van der Waals surface area contributed by atoms with Crippen molar-refractivity contribution in [1.82, 2.24) is 5.32 Å². The number of carbonyl (C=O) groups excluding carboxylic acids is 1. The lowest BCUT2D eigenvalue weighted by Crippen LogP contribution is -2.27. The molecule has 3 rings (SSSR count). The average molecular weight is 381 g/mol. The molecule has 1 N–H and O–H groups in total. The van der Waals surface area contributed by atoms with Gasteiger partial charge in [-0.3, -0.25) is 9.59 Å². The fourth-order valence-corrected chi connectivity index (χ4v) is 2.90. The van der Waals surface area contributed by atoms with Crippen LogP contribution in [0.3, 0.4) is 0 Å². The number of carbonyl (C=O) groups is 1. The van der Waals surface area contributed by atoms with Gasteiger partial charge in [-0.05, 0) is 50.6 Å². The van der Waals surface area contributed by atoms with Gasteiger partial charge >= 0.3 is 0 Å². The van der Waals surface area contributed by atoms with Crippen LogP contribution in [0.1, 0.15) is 42.9 Å². The van der Waals surface area contributed by atoms with Gasteiger partial charge in [-0.1, -0.05) is 18.2 Å². The third-order valence-electron chi connectivity index (χ3n) is 4.27. The van der Waals surface area contributed by atoms with Crippen LogP contribution in [-0.2, 0) is 0 Å². The minimum absolute atomic E-state index is 0.0217. The van der Waals surface area contributed by atoms with Crippen LogP contribution in [0.2, 0.25) is 0 Å². The van der Waals surface area contributed by atoms with Gasteiger partial charge in [0.2, 0.25) is 0 Å². The van der Waals surface area contributed by atoms with E-state index in [2.05, 4.69) is 5.32 Å². The molecule has 1 heterocycles. The largest absolute Gasteiger partial charge is 0.490 e. The van der Waals surface area contributed by atoms with Crippen molar-refractivity contribution in [2.75, 3.05) is 13.2 Å². The minimum atomic E-state index is -0.456. The van der Waals surface area contributed by atoms with E-state index in [1.54, 1.807) is 24.3 Å². The van der Waals surface area contributed by atoms with E-state index in [1.165, 1.54) is 6.07 Å². The highest BCUT2D eigenvalue weighted by Crippen LogP contribution is 2.30. The quantitative estimate of drug-likeness (QED) is 0.667. The Kier molecular flexibility index (Phi) is 5.99. The van der Waals surface area contributed by atoms with Crippen LogP contribution < -0.4 is 20.2 Å². The highest BCUT2D eigenvalue weighted by molar-refractivity contribution is 5.93. The number of amides is 1. The molecule has 28 heavy (non-hydrogen) atoms. The van der Waals surface area contributed by atoms with Crippen molar-refractivity contribution in [3.05, 3.63) is 70.1 Å². The molecule has 146 valence electrons. The molecule has 0 aliphatic heterocycles. The normalized spacial score (nSPS) is 11.8. The van der Waals surface area contributed by atoms with Crippen molar-refractivity contribution >= 4 is 16.9 Å². The first-order valence-corrected chi connectivity index (χ1v) is 9.26. The van der Waals surface area contributed by atoms with Gasteiger partial charge in [0.05, 0.1) is 24.6 Å². The fraction of sp³-hybridized carbons (Fsp3) is 0.273. The number of hydrogen-bond donors (Lipinski definition) is 1. The van der Waals surface area contributed by atoms with Crippen LogP contribution >= 0.6 is 0 Å². The molecule has 6 nitrogen and oxygen atoms in total. The van der Waals surface area contributed by atoms with Gasteiger partial charge in [0.25, 0.3) is 5.91 Å². The summed E-state index contributed by atoms with van der Waals surface area (Å²) in [6, 6.07) is 13.3. The third kappa shape index (κ3) is 4.17. The van der Waals surface area contributed by atoms with Gasteiger partial charge in [0.1, 0.15) is 5.58 Å². The summed E-state index contributed by atoms with van der Waals surface area (Å²) >= 11 is 0. The van der Waals surface area contributed by atoms with Crippen LogP contribution in [0.5, 0.6) is 11.5 Å². The Morgan fingerprint density at radius 1 is 1.04 bits per heavy atom. The summed E-state index contributed by atoms with van der Waals surface area (Å²) in [6.45, 7) is 6.70. The van der Waals surface area contributed by atoms with Crippen molar-refractivity contribution in [2.24, 2.45) is 0 Å². The summed E-state index contributed by atoms with van der Waals surface area (Å²) in [5.74, 6) is 0.807. The van der Waals surface area contributed by atoms with E-state index in [0.717, 1.165) is 5.56 Å². The van der Waals surface area contributed by atoms with Crippen molar-refractivity contribution in [1.29, 1.82) is 0 Å². The number of rotatable bonds is 7. The van der Waals surface area contributed by atoms with Gasteiger partial charge in [-0.2, -0.15) is 0 Å². The molecule has 0 aliphatic carbocycles. The molecule has 0 aliphatic rings. The molecule has 1 atom stereocenters. The average Bonchev–Trinajstić information content (AvgIpc) is 2.69. The first-order chi connectivity index (χ1) is 13.5. The molecule has 1 unspecified atom stereocenters. The molecule has 0 saturated heterocycles. The lowest BCUT2D eigenvalue weighted by Gasteiger charge is -2.17. The number of benzene rings is 2. The second kappa shape index (κ2) is 8.61. The predicted octanol–water partition coefficient (Wildman–Crippen LogP) is 4.08. The summed E-state index contributed by atoms with van der Waals surface area (Å²) in [5, 5.41) is 3.30. The van der Waals surface area contributed by atoms with Crippen LogP contribution in [0.25, 0.3) is 11.0 Å². The van der Waals surface area contributed by atoms with Crippen LogP contribution in [-0.4, -0.2) is 19.1 Å². The molecular weight excluding hydrogens is 358 g/mol. The highest BCUT2D eigenvalue weighted by Gasteiger charge is 2.17. The van der Waals surface area contributed by atoms with Gasteiger partial charge in [-0.25, -0.2) is 0 Å². The number of fused-ring (bicyclic) bond motifs is 1. The molecule has 0 fully saturated rings. The molecule has 2 aromatic carbocycles. The Labute approximate surface area is 163 Å². The zero-order valence-corrected chi connectivity index (χ0v) is 16.2. The van der Waals surface area contributed by atoms with E-state index >= 15 is 0 Å². The summed E-state index contributed by atoms with van der Waals surface area (Å²) in [7, 11) is 0. The van der Waals surface area contributed by atoms with Crippen LogP contribution in [0.4, 0.5) is 0 Å². The Balaban J connectivity index is 1.82. The Bertz CT molecular complexity index is 1040. The molecule has 6 heteroatoms. The summed E-state index contributed by atoms with van der Waals surface area (Å²) in [4.78, 5) is 24.8. The van der Waals surface area contributed by atoms with Crippen molar-refractivity contribution in [3.8, 4) is 11.5 Å². The maximum atomic E-state index is 12.6. The van der Waals surface area contributed by atoms with Crippen LogP contribution in [0.15, 0.2) is 57.7 Å². The Hall–Kier alpha value is -3.28. The van der Waals surface area contributed by atoms with E-state index in [0.29, 0.717) is 35.7 Å². The monoisotopic (exact) mass is 381 g/mol. The molecule has 0 saturated carbocycles. The number of hydrogen-bond acceptors (Lipinski definition) is 5. The van der Waals surface area contributed by atoms with Crippen LogP contribution in [0, 0.1) is 0 Å². The zero-order valence-electron chi connectivity index (χ0n) is 16.2. The van der Waals surface area contributed by atoms with Crippen molar-refractivity contribution in [2.45, 2.75) is 26.8 Å². The lowest BCUT2D eigenvalue weighted by atomic mass is 10.1. The van der Waals surface area contributed by atoms with Gasteiger partial charge in [0, 0.05) is 6.07 Å². The number of nitrogens with one attached hydrogen (secondary N) is 1. The van der Waals surface area contributed by atoms with Gasteiger partial charge in [-0.15, -0.1) is 0 Å². The SMILES string of the molecule is CCOc1ccc(C(C)NC(=O)c2cc(=O)c3ccccc3o2)cc1OCC. The summed E-state index contributed by atoms with van der Waals surface area (Å²) in [5.41, 5.74) is 0.982. The van der Waals surface area contributed by atoms with Crippen molar-refractivity contribution < 1.29 is 18.7 Å². The van der Waals surface area contributed by atoms with E-state index in [-0.39, 0.29) is 17.2 Å².